The second kappa shape index (κ2) is 8.31. The van der Waals surface area contributed by atoms with Crippen molar-refractivity contribution in [2.75, 3.05) is 11.9 Å². The molecule has 0 spiro atoms. The summed E-state index contributed by atoms with van der Waals surface area (Å²) in [5, 5.41) is 7.76. The van der Waals surface area contributed by atoms with Gasteiger partial charge in [0.05, 0.1) is 18.8 Å². The number of nitrogens with one attached hydrogen (secondary N) is 2. The molecule has 0 saturated carbocycles. The number of carbonyl (C=O) groups is 3. The summed E-state index contributed by atoms with van der Waals surface area (Å²) in [5.41, 5.74) is 6.36. The molecule has 1 fully saturated rings. The number of imide groups is 1. The fourth-order valence-corrected chi connectivity index (χ4v) is 4.56. The van der Waals surface area contributed by atoms with Gasteiger partial charge >= 0.3 is 6.03 Å². The Bertz CT molecular complexity index is 1160. The fourth-order valence-electron chi connectivity index (χ4n) is 3.86. The molecule has 0 atom stereocenters. The van der Waals surface area contributed by atoms with E-state index in [1.165, 1.54) is 16.9 Å². The molecule has 31 heavy (non-hydrogen) atoms. The number of anilines is 1. The molecule has 8 heteroatoms. The van der Waals surface area contributed by atoms with Gasteiger partial charge in [0.25, 0.3) is 5.91 Å². The van der Waals surface area contributed by atoms with Crippen LogP contribution in [-0.4, -0.2) is 34.3 Å². The van der Waals surface area contributed by atoms with Crippen LogP contribution in [0.5, 0.6) is 0 Å². The number of aryl methyl sites for hydroxylation is 3. The number of carbonyl (C=O) groups excluding carboxylic acids is 3. The van der Waals surface area contributed by atoms with Crippen LogP contribution in [0.25, 0.3) is 11.3 Å². The Kier molecular flexibility index (Phi) is 5.56. The van der Waals surface area contributed by atoms with Crippen molar-refractivity contribution in [2.24, 2.45) is 0 Å². The molecule has 0 bridgehead atoms. The lowest BCUT2D eigenvalue weighted by atomic mass is 9.98. The molecule has 2 aromatic carbocycles. The van der Waals surface area contributed by atoms with Crippen molar-refractivity contribution in [1.29, 1.82) is 0 Å². The number of rotatable bonds is 5. The third-order valence-electron chi connectivity index (χ3n) is 5.19. The van der Waals surface area contributed by atoms with Gasteiger partial charge in [-0.1, -0.05) is 35.9 Å². The first-order valence-electron chi connectivity index (χ1n) is 9.84. The molecule has 0 aliphatic carbocycles. The highest BCUT2D eigenvalue weighted by atomic mass is 32.1. The minimum absolute atomic E-state index is 0.0209. The second-order valence-electron chi connectivity index (χ2n) is 7.56. The molecular weight excluding hydrogens is 412 g/mol. The highest BCUT2D eigenvalue weighted by Gasteiger charge is 2.29. The zero-order valence-corrected chi connectivity index (χ0v) is 18.3. The van der Waals surface area contributed by atoms with Crippen LogP contribution in [0.2, 0.25) is 0 Å². The Morgan fingerprint density at radius 3 is 2.55 bits per heavy atom. The van der Waals surface area contributed by atoms with Gasteiger partial charge in [0.15, 0.2) is 5.13 Å². The third-order valence-corrected chi connectivity index (χ3v) is 5.94. The normalized spacial score (nSPS) is 13.5. The number of hydrogen-bond donors (Lipinski definition) is 2. The largest absolute Gasteiger partial charge is 0.329 e. The number of amides is 4. The summed E-state index contributed by atoms with van der Waals surface area (Å²) >= 11 is 1.36. The van der Waals surface area contributed by atoms with Crippen LogP contribution in [0, 0.1) is 20.8 Å². The lowest BCUT2D eigenvalue weighted by molar-refractivity contribution is -0.125. The first-order valence-corrected chi connectivity index (χ1v) is 10.7. The highest BCUT2D eigenvalue weighted by Crippen LogP contribution is 2.31. The molecule has 2 heterocycles. The van der Waals surface area contributed by atoms with Gasteiger partial charge in [-0.15, -0.1) is 11.3 Å². The van der Waals surface area contributed by atoms with Gasteiger partial charge in [-0.05, 0) is 43.5 Å². The summed E-state index contributed by atoms with van der Waals surface area (Å²) in [6.45, 7) is 6.19. The van der Waals surface area contributed by atoms with Crippen LogP contribution in [-0.2, 0) is 11.3 Å². The van der Waals surface area contributed by atoms with Crippen molar-refractivity contribution in [1.82, 2.24) is 15.2 Å². The molecule has 4 rings (SSSR count). The number of nitrogens with zero attached hydrogens (tertiary/aromatic N) is 2. The highest BCUT2D eigenvalue weighted by molar-refractivity contribution is 7.14. The average Bonchev–Trinajstić information content (AvgIpc) is 3.29. The van der Waals surface area contributed by atoms with Crippen LogP contribution < -0.4 is 10.6 Å². The van der Waals surface area contributed by atoms with Crippen LogP contribution in [0.1, 0.15) is 32.6 Å². The monoisotopic (exact) mass is 434 g/mol. The molecule has 1 aliphatic heterocycles. The quantitative estimate of drug-likeness (QED) is 0.593. The summed E-state index contributed by atoms with van der Waals surface area (Å²) in [6.07, 6.45) is 0. The molecule has 1 aromatic heterocycles. The maximum atomic E-state index is 12.9. The number of hydrogen-bond acceptors (Lipinski definition) is 5. The predicted molar refractivity (Wildman–Crippen MR) is 120 cm³/mol. The average molecular weight is 435 g/mol. The van der Waals surface area contributed by atoms with E-state index in [0.29, 0.717) is 16.3 Å². The molecule has 0 unspecified atom stereocenters. The molecule has 3 aromatic rings. The Morgan fingerprint density at radius 2 is 1.87 bits per heavy atom. The maximum Gasteiger partial charge on any atom is 0.324 e. The van der Waals surface area contributed by atoms with E-state index in [2.05, 4.69) is 48.5 Å². The fraction of sp³-hybridized carbons (Fsp3) is 0.217. The van der Waals surface area contributed by atoms with Gasteiger partial charge in [0, 0.05) is 16.5 Å². The van der Waals surface area contributed by atoms with E-state index in [1.54, 1.807) is 24.3 Å². The maximum absolute atomic E-state index is 12.9. The van der Waals surface area contributed by atoms with Gasteiger partial charge in [-0.25, -0.2) is 9.78 Å². The number of aromatic nitrogens is 1. The zero-order chi connectivity index (χ0) is 22.1. The summed E-state index contributed by atoms with van der Waals surface area (Å²) in [5.74, 6) is -0.644. The first-order chi connectivity index (χ1) is 14.8. The van der Waals surface area contributed by atoms with E-state index < -0.39 is 6.03 Å². The van der Waals surface area contributed by atoms with Crippen LogP contribution in [0.3, 0.4) is 0 Å². The molecular formula is C23H22N4O3S. The van der Waals surface area contributed by atoms with Crippen molar-refractivity contribution in [3.05, 3.63) is 69.6 Å². The van der Waals surface area contributed by atoms with E-state index in [1.807, 2.05) is 5.38 Å². The van der Waals surface area contributed by atoms with E-state index in [4.69, 9.17) is 0 Å². The zero-order valence-electron chi connectivity index (χ0n) is 17.5. The molecule has 158 valence electrons. The SMILES string of the molecule is Cc1cc(C)c(-c2csc(NC(=O)c3ccccc3CN3C(=O)CNC3=O)n2)c(C)c1. The van der Waals surface area contributed by atoms with E-state index in [0.717, 1.165) is 27.3 Å². The Balaban J connectivity index is 1.55. The molecule has 7 nitrogen and oxygen atoms in total. The van der Waals surface area contributed by atoms with Gasteiger partial charge in [-0.3, -0.25) is 19.8 Å². The van der Waals surface area contributed by atoms with E-state index >= 15 is 0 Å². The van der Waals surface area contributed by atoms with E-state index in [9.17, 15) is 14.4 Å². The Morgan fingerprint density at radius 1 is 1.16 bits per heavy atom. The smallest absolute Gasteiger partial charge is 0.324 e. The van der Waals surface area contributed by atoms with Gasteiger partial charge < -0.3 is 5.32 Å². The molecule has 1 saturated heterocycles. The second-order valence-corrected chi connectivity index (χ2v) is 8.42. The van der Waals surface area contributed by atoms with Gasteiger partial charge in [0.2, 0.25) is 5.91 Å². The lowest BCUT2D eigenvalue weighted by Gasteiger charge is -2.15. The molecule has 4 amide bonds. The van der Waals surface area contributed by atoms with Crippen LogP contribution >= 0.6 is 11.3 Å². The molecule has 0 radical (unpaired) electrons. The molecule has 1 aliphatic rings. The minimum Gasteiger partial charge on any atom is -0.329 e. The minimum atomic E-state index is -0.450. The lowest BCUT2D eigenvalue weighted by Crippen LogP contribution is -2.31. The summed E-state index contributed by atoms with van der Waals surface area (Å²) < 4.78 is 0. The van der Waals surface area contributed by atoms with E-state index in [-0.39, 0.29) is 24.9 Å². The summed E-state index contributed by atoms with van der Waals surface area (Å²) in [4.78, 5) is 42.4. The summed E-state index contributed by atoms with van der Waals surface area (Å²) in [7, 11) is 0. The molecule has 2 N–H and O–H groups in total. The van der Waals surface area contributed by atoms with Gasteiger partial charge in [0.1, 0.15) is 0 Å². The number of urea groups is 1. The van der Waals surface area contributed by atoms with Crippen molar-refractivity contribution in [2.45, 2.75) is 27.3 Å². The topological polar surface area (TPSA) is 91.4 Å². The van der Waals surface area contributed by atoms with Crippen molar-refractivity contribution in [3.63, 3.8) is 0 Å². The predicted octanol–water partition coefficient (Wildman–Crippen LogP) is 4.04. The standard InChI is InChI=1S/C23H22N4O3S/c1-13-8-14(2)20(15(3)9-13)18-12-31-22(25-18)26-21(29)17-7-5-4-6-16(17)11-27-19(28)10-24-23(27)30/h4-9,12H,10-11H2,1-3H3,(H,24,30)(H,25,26,29). The van der Waals surface area contributed by atoms with Gasteiger partial charge in [-0.2, -0.15) is 0 Å². The number of thiazole rings is 1. The number of benzene rings is 2. The van der Waals surface area contributed by atoms with Crippen molar-refractivity contribution < 1.29 is 14.4 Å². The first kappa shape index (κ1) is 20.7. The Labute approximate surface area is 184 Å². The Hall–Kier alpha value is -3.52. The third kappa shape index (κ3) is 4.20. The van der Waals surface area contributed by atoms with Crippen molar-refractivity contribution in [3.8, 4) is 11.3 Å². The summed E-state index contributed by atoms with van der Waals surface area (Å²) in [6, 6.07) is 10.7. The van der Waals surface area contributed by atoms with Crippen molar-refractivity contribution >= 4 is 34.3 Å². The van der Waals surface area contributed by atoms with Crippen LogP contribution in [0.4, 0.5) is 9.93 Å². The van der Waals surface area contributed by atoms with Crippen LogP contribution in [0.15, 0.2) is 41.8 Å².